The Morgan fingerprint density at radius 3 is 2.86 bits per heavy atom. The molecule has 1 atom stereocenters. The number of nitro benzene ring substituents is 1. The minimum absolute atomic E-state index is 0.282. The number of rotatable bonds is 5. The average molecular weight is 299 g/mol. The van der Waals surface area contributed by atoms with Gasteiger partial charge in [-0.25, -0.2) is 8.78 Å². The first-order valence-corrected chi connectivity index (χ1v) is 6.97. The Kier molecular flexibility index (Phi) is 5.06. The van der Waals surface area contributed by atoms with Crippen molar-refractivity contribution < 1.29 is 13.7 Å². The lowest BCUT2D eigenvalue weighted by Gasteiger charge is -2.30. The molecule has 1 aliphatic rings. The third-order valence-corrected chi connectivity index (χ3v) is 3.80. The van der Waals surface area contributed by atoms with Crippen molar-refractivity contribution in [3.63, 3.8) is 0 Å². The SMILES string of the molecule is CN(CC1CCCNC1)c1ccc([N+](=O)[O-])cc1C(F)F. The van der Waals surface area contributed by atoms with Crippen molar-refractivity contribution in [2.75, 3.05) is 31.6 Å². The number of nitro groups is 1. The second-order valence-corrected chi connectivity index (χ2v) is 5.39. The van der Waals surface area contributed by atoms with Crippen LogP contribution in [0.15, 0.2) is 18.2 Å². The number of non-ortho nitro benzene ring substituents is 1. The molecule has 5 nitrogen and oxygen atoms in total. The van der Waals surface area contributed by atoms with Gasteiger partial charge in [-0.2, -0.15) is 0 Å². The Labute approximate surface area is 122 Å². The van der Waals surface area contributed by atoms with Gasteiger partial charge < -0.3 is 10.2 Å². The summed E-state index contributed by atoms with van der Waals surface area (Å²) in [6.45, 7) is 2.53. The van der Waals surface area contributed by atoms with E-state index in [1.54, 1.807) is 11.9 Å². The summed E-state index contributed by atoms with van der Waals surface area (Å²) in [6, 6.07) is 3.66. The Morgan fingerprint density at radius 2 is 2.29 bits per heavy atom. The van der Waals surface area contributed by atoms with E-state index in [9.17, 15) is 18.9 Å². The van der Waals surface area contributed by atoms with Gasteiger partial charge >= 0.3 is 0 Å². The van der Waals surface area contributed by atoms with Crippen LogP contribution in [0.3, 0.4) is 0 Å². The fourth-order valence-corrected chi connectivity index (χ4v) is 2.74. The van der Waals surface area contributed by atoms with Gasteiger partial charge in [0, 0.05) is 37.0 Å². The summed E-state index contributed by atoms with van der Waals surface area (Å²) < 4.78 is 26.3. The topological polar surface area (TPSA) is 58.4 Å². The van der Waals surface area contributed by atoms with Crippen molar-refractivity contribution >= 4 is 11.4 Å². The lowest BCUT2D eigenvalue weighted by Crippen LogP contribution is -2.37. The van der Waals surface area contributed by atoms with Crippen LogP contribution in [0.2, 0.25) is 0 Å². The number of nitrogens with zero attached hydrogens (tertiary/aromatic N) is 2. The zero-order valence-electron chi connectivity index (χ0n) is 11.9. The lowest BCUT2D eigenvalue weighted by atomic mass is 9.98. The quantitative estimate of drug-likeness (QED) is 0.671. The maximum atomic E-state index is 13.1. The molecule has 1 heterocycles. The van der Waals surface area contributed by atoms with Gasteiger partial charge in [0.05, 0.1) is 4.92 Å². The largest absolute Gasteiger partial charge is 0.374 e. The van der Waals surface area contributed by atoms with Crippen molar-refractivity contribution in [3.05, 3.63) is 33.9 Å². The molecule has 1 fully saturated rings. The zero-order valence-corrected chi connectivity index (χ0v) is 11.9. The third-order valence-electron chi connectivity index (χ3n) is 3.80. The molecule has 1 aromatic rings. The van der Waals surface area contributed by atoms with Crippen molar-refractivity contribution in [1.82, 2.24) is 5.32 Å². The van der Waals surface area contributed by atoms with Gasteiger partial charge in [0.2, 0.25) is 0 Å². The number of nitrogens with one attached hydrogen (secondary N) is 1. The van der Waals surface area contributed by atoms with Crippen molar-refractivity contribution in [2.45, 2.75) is 19.3 Å². The normalized spacial score (nSPS) is 18.8. The molecule has 0 radical (unpaired) electrons. The van der Waals surface area contributed by atoms with E-state index in [-0.39, 0.29) is 11.3 Å². The van der Waals surface area contributed by atoms with Gasteiger partial charge in [-0.1, -0.05) is 0 Å². The Balaban J connectivity index is 2.18. The van der Waals surface area contributed by atoms with Gasteiger partial charge in [-0.3, -0.25) is 10.1 Å². The molecule has 0 aliphatic carbocycles. The van der Waals surface area contributed by atoms with Crippen LogP contribution >= 0.6 is 0 Å². The van der Waals surface area contributed by atoms with E-state index in [1.165, 1.54) is 12.1 Å². The fourth-order valence-electron chi connectivity index (χ4n) is 2.74. The standard InChI is InChI=1S/C14H19F2N3O2/c1-18(9-10-3-2-6-17-8-10)13-5-4-11(19(20)21)7-12(13)14(15)16/h4-5,7,10,14,17H,2-3,6,8-9H2,1H3. The van der Waals surface area contributed by atoms with E-state index in [1.807, 2.05) is 0 Å². The molecule has 1 aromatic carbocycles. The van der Waals surface area contributed by atoms with Crippen LogP contribution < -0.4 is 10.2 Å². The smallest absolute Gasteiger partial charge is 0.270 e. The highest BCUT2D eigenvalue weighted by Crippen LogP contribution is 2.33. The monoisotopic (exact) mass is 299 g/mol. The van der Waals surface area contributed by atoms with Gasteiger partial charge in [-0.15, -0.1) is 0 Å². The molecule has 0 bridgehead atoms. The first-order chi connectivity index (χ1) is 9.99. The highest BCUT2D eigenvalue weighted by atomic mass is 19.3. The molecular formula is C14H19F2N3O2. The maximum absolute atomic E-state index is 13.1. The molecule has 1 saturated heterocycles. The fraction of sp³-hybridized carbons (Fsp3) is 0.571. The van der Waals surface area contributed by atoms with Crippen LogP contribution in [0.5, 0.6) is 0 Å². The van der Waals surface area contributed by atoms with Crippen molar-refractivity contribution in [3.8, 4) is 0 Å². The number of benzene rings is 1. The number of piperidine rings is 1. The molecule has 0 saturated carbocycles. The summed E-state index contributed by atoms with van der Waals surface area (Å²) >= 11 is 0. The first kappa shape index (κ1) is 15.6. The molecule has 1 unspecified atom stereocenters. The average Bonchev–Trinajstić information content (AvgIpc) is 2.47. The summed E-state index contributed by atoms with van der Waals surface area (Å²) in [6.07, 6.45) is -0.582. The van der Waals surface area contributed by atoms with E-state index >= 15 is 0 Å². The summed E-state index contributed by atoms with van der Waals surface area (Å²) in [5.74, 6) is 0.407. The minimum Gasteiger partial charge on any atom is -0.374 e. The third kappa shape index (κ3) is 3.87. The van der Waals surface area contributed by atoms with Gasteiger partial charge in [0.25, 0.3) is 12.1 Å². The predicted molar refractivity (Wildman–Crippen MR) is 76.9 cm³/mol. The second-order valence-electron chi connectivity index (χ2n) is 5.39. The highest BCUT2D eigenvalue weighted by molar-refractivity contribution is 5.58. The molecule has 116 valence electrons. The van der Waals surface area contributed by atoms with Crippen LogP contribution in [-0.2, 0) is 0 Å². The molecule has 21 heavy (non-hydrogen) atoms. The first-order valence-electron chi connectivity index (χ1n) is 6.97. The summed E-state index contributed by atoms with van der Waals surface area (Å²) in [4.78, 5) is 11.8. The van der Waals surface area contributed by atoms with E-state index < -0.39 is 11.3 Å². The maximum Gasteiger partial charge on any atom is 0.270 e. The minimum atomic E-state index is -2.73. The van der Waals surface area contributed by atoms with Crippen LogP contribution in [0, 0.1) is 16.0 Å². The molecular weight excluding hydrogens is 280 g/mol. The van der Waals surface area contributed by atoms with Crippen LogP contribution in [0.25, 0.3) is 0 Å². The summed E-state index contributed by atoms with van der Waals surface area (Å²) in [7, 11) is 1.75. The number of halogens is 2. The Morgan fingerprint density at radius 1 is 1.52 bits per heavy atom. The van der Waals surface area contributed by atoms with Gasteiger partial charge in [-0.05, 0) is 37.9 Å². The van der Waals surface area contributed by atoms with Crippen molar-refractivity contribution in [1.29, 1.82) is 0 Å². The number of hydrogen-bond acceptors (Lipinski definition) is 4. The molecule has 1 N–H and O–H groups in total. The number of anilines is 1. The predicted octanol–water partition coefficient (Wildman–Crippen LogP) is 2.97. The summed E-state index contributed by atoms with van der Waals surface area (Å²) in [5.41, 5.74) is -0.224. The van der Waals surface area contributed by atoms with Gasteiger partial charge in [0.1, 0.15) is 0 Å². The van der Waals surface area contributed by atoms with Crippen LogP contribution in [0.1, 0.15) is 24.8 Å². The highest BCUT2D eigenvalue weighted by Gasteiger charge is 2.22. The molecule has 0 amide bonds. The number of hydrogen-bond donors (Lipinski definition) is 1. The molecule has 0 aromatic heterocycles. The molecule has 1 aliphatic heterocycles. The van der Waals surface area contributed by atoms with E-state index in [0.717, 1.165) is 32.0 Å². The zero-order chi connectivity index (χ0) is 15.4. The van der Waals surface area contributed by atoms with Crippen molar-refractivity contribution in [2.24, 2.45) is 5.92 Å². The molecule has 7 heteroatoms. The Hall–Kier alpha value is -1.76. The summed E-state index contributed by atoms with van der Waals surface area (Å²) in [5, 5.41) is 14.0. The Bertz CT molecular complexity index is 505. The van der Waals surface area contributed by atoms with E-state index in [4.69, 9.17) is 0 Å². The van der Waals surface area contributed by atoms with Crippen LogP contribution in [-0.4, -0.2) is 31.6 Å². The molecule has 2 rings (SSSR count). The second kappa shape index (κ2) is 6.80. The molecule has 0 spiro atoms. The lowest BCUT2D eigenvalue weighted by molar-refractivity contribution is -0.385. The number of alkyl halides is 2. The van der Waals surface area contributed by atoms with Gasteiger partial charge in [0.15, 0.2) is 0 Å². The van der Waals surface area contributed by atoms with Crippen LogP contribution in [0.4, 0.5) is 20.2 Å². The van der Waals surface area contributed by atoms with E-state index in [2.05, 4.69) is 5.32 Å². The van der Waals surface area contributed by atoms with E-state index in [0.29, 0.717) is 18.2 Å².